The topological polar surface area (TPSA) is 46.3 Å². The lowest BCUT2D eigenvalue weighted by molar-refractivity contribution is 0.0558. The molecule has 2 rings (SSSR count). The number of halogens is 2. The SMILES string of the molecule is CCC1CCN(C(=O)c2ccc(Br)c(Cl)c2)C(CN)C1. The van der Waals surface area contributed by atoms with E-state index in [1.807, 2.05) is 11.0 Å². The first kappa shape index (κ1) is 15.8. The number of likely N-dealkylation sites (tertiary alicyclic amines) is 1. The number of benzene rings is 1. The van der Waals surface area contributed by atoms with Gasteiger partial charge in [0.25, 0.3) is 5.91 Å². The van der Waals surface area contributed by atoms with Crippen LogP contribution in [0.15, 0.2) is 22.7 Å². The van der Waals surface area contributed by atoms with Crippen LogP contribution in [0.3, 0.4) is 0 Å². The van der Waals surface area contributed by atoms with Crippen LogP contribution in [0.1, 0.15) is 36.5 Å². The fourth-order valence-electron chi connectivity index (χ4n) is 2.79. The van der Waals surface area contributed by atoms with Crippen molar-refractivity contribution < 1.29 is 4.79 Å². The van der Waals surface area contributed by atoms with Crippen LogP contribution in [0.5, 0.6) is 0 Å². The molecule has 1 fully saturated rings. The Morgan fingerprint density at radius 1 is 1.55 bits per heavy atom. The molecule has 20 heavy (non-hydrogen) atoms. The van der Waals surface area contributed by atoms with Gasteiger partial charge in [0.2, 0.25) is 0 Å². The van der Waals surface area contributed by atoms with Gasteiger partial charge in [-0.3, -0.25) is 4.79 Å². The van der Waals surface area contributed by atoms with Crippen molar-refractivity contribution in [2.75, 3.05) is 13.1 Å². The molecule has 2 atom stereocenters. The largest absolute Gasteiger partial charge is 0.334 e. The van der Waals surface area contributed by atoms with E-state index in [1.54, 1.807) is 12.1 Å². The van der Waals surface area contributed by atoms with Gasteiger partial charge in [-0.1, -0.05) is 24.9 Å². The lowest BCUT2D eigenvalue weighted by Crippen LogP contribution is -2.49. The summed E-state index contributed by atoms with van der Waals surface area (Å²) in [4.78, 5) is 14.5. The number of piperidine rings is 1. The molecule has 0 aromatic heterocycles. The molecule has 5 heteroatoms. The Balaban J connectivity index is 2.17. The van der Waals surface area contributed by atoms with E-state index in [1.165, 1.54) is 0 Å². The van der Waals surface area contributed by atoms with Gasteiger partial charge in [-0.05, 0) is 52.9 Å². The molecule has 0 saturated carbocycles. The molecule has 0 bridgehead atoms. The molecule has 0 spiro atoms. The maximum Gasteiger partial charge on any atom is 0.254 e. The van der Waals surface area contributed by atoms with Crippen molar-refractivity contribution in [3.8, 4) is 0 Å². The molecule has 1 aliphatic heterocycles. The van der Waals surface area contributed by atoms with E-state index >= 15 is 0 Å². The van der Waals surface area contributed by atoms with Crippen LogP contribution in [0.2, 0.25) is 5.02 Å². The number of hydrogen-bond donors (Lipinski definition) is 1. The Morgan fingerprint density at radius 2 is 2.30 bits per heavy atom. The molecule has 1 amide bonds. The second kappa shape index (κ2) is 6.92. The Hall–Kier alpha value is -0.580. The minimum Gasteiger partial charge on any atom is -0.334 e. The first-order chi connectivity index (χ1) is 9.56. The third-order valence-electron chi connectivity index (χ3n) is 4.10. The van der Waals surface area contributed by atoms with Crippen molar-refractivity contribution in [2.24, 2.45) is 11.7 Å². The molecule has 1 aromatic rings. The highest BCUT2D eigenvalue weighted by Gasteiger charge is 2.30. The van der Waals surface area contributed by atoms with Gasteiger partial charge in [-0.25, -0.2) is 0 Å². The van der Waals surface area contributed by atoms with E-state index in [4.69, 9.17) is 17.3 Å². The molecular formula is C15H20BrClN2O. The van der Waals surface area contributed by atoms with Crippen LogP contribution in [0, 0.1) is 5.92 Å². The molecule has 0 aliphatic carbocycles. The summed E-state index contributed by atoms with van der Waals surface area (Å²) in [5, 5.41) is 0.559. The van der Waals surface area contributed by atoms with E-state index in [-0.39, 0.29) is 11.9 Å². The highest BCUT2D eigenvalue weighted by Crippen LogP contribution is 2.28. The molecule has 1 saturated heterocycles. The van der Waals surface area contributed by atoms with Crippen molar-refractivity contribution >= 4 is 33.4 Å². The molecule has 2 unspecified atom stereocenters. The zero-order valence-corrected chi connectivity index (χ0v) is 14.0. The Kier molecular flexibility index (Phi) is 5.47. The second-order valence-corrected chi connectivity index (χ2v) is 6.58. The van der Waals surface area contributed by atoms with Crippen LogP contribution < -0.4 is 5.73 Å². The van der Waals surface area contributed by atoms with Crippen molar-refractivity contribution in [1.82, 2.24) is 4.90 Å². The number of nitrogens with zero attached hydrogens (tertiary/aromatic N) is 1. The first-order valence-corrected chi connectivity index (χ1v) is 8.20. The number of carbonyl (C=O) groups excluding carboxylic acids is 1. The molecule has 110 valence electrons. The predicted molar refractivity (Wildman–Crippen MR) is 86.0 cm³/mol. The van der Waals surface area contributed by atoms with Crippen molar-refractivity contribution in [1.29, 1.82) is 0 Å². The fraction of sp³-hybridized carbons (Fsp3) is 0.533. The summed E-state index contributed by atoms with van der Waals surface area (Å²) in [5.41, 5.74) is 6.48. The maximum absolute atomic E-state index is 12.6. The van der Waals surface area contributed by atoms with Crippen LogP contribution in [0.4, 0.5) is 0 Å². The van der Waals surface area contributed by atoms with E-state index in [2.05, 4.69) is 22.9 Å². The van der Waals surface area contributed by atoms with Crippen molar-refractivity contribution in [2.45, 2.75) is 32.2 Å². The normalized spacial score (nSPS) is 22.9. The van der Waals surface area contributed by atoms with Crippen LogP contribution in [-0.2, 0) is 0 Å². The van der Waals surface area contributed by atoms with Gasteiger partial charge < -0.3 is 10.6 Å². The summed E-state index contributed by atoms with van der Waals surface area (Å²) in [6.07, 6.45) is 3.22. The summed E-state index contributed by atoms with van der Waals surface area (Å²) in [6, 6.07) is 5.47. The highest BCUT2D eigenvalue weighted by molar-refractivity contribution is 9.10. The molecule has 3 nitrogen and oxygen atoms in total. The third kappa shape index (κ3) is 3.35. The molecule has 1 aromatic carbocycles. The average Bonchev–Trinajstić information content (AvgIpc) is 2.48. The van der Waals surface area contributed by atoms with Crippen LogP contribution >= 0.6 is 27.5 Å². The molecule has 0 radical (unpaired) electrons. The molecule has 1 aliphatic rings. The fourth-order valence-corrected chi connectivity index (χ4v) is 3.22. The lowest BCUT2D eigenvalue weighted by atomic mass is 9.88. The van der Waals surface area contributed by atoms with Crippen LogP contribution in [-0.4, -0.2) is 29.9 Å². The Bertz CT molecular complexity index is 495. The summed E-state index contributed by atoms with van der Waals surface area (Å²) in [6.45, 7) is 3.50. The summed E-state index contributed by atoms with van der Waals surface area (Å²) >= 11 is 9.41. The summed E-state index contributed by atoms with van der Waals surface area (Å²) in [5.74, 6) is 0.713. The number of amides is 1. The van der Waals surface area contributed by atoms with E-state index in [9.17, 15) is 4.79 Å². The quantitative estimate of drug-likeness (QED) is 0.894. The minimum atomic E-state index is 0.0319. The van der Waals surface area contributed by atoms with E-state index in [0.717, 1.165) is 30.3 Å². The van der Waals surface area contributed by atoms with Crippen molar-refractivity contribution in [3.63, 3.8) is 0 Å². The number of rotatable bonds is 3. The molecule has 2 N–H and O–H groups in total. The zero-order valence-electron chi connectivity index (χ0n) is 11.6. The minimum absolute atomic E-state index is 0.0319. The molecular weight excluding hydrogens is 340 g/mol. The number of hydrogen-bond acceptors (Lipinski definition) is 2. The standard InChI is InChI=1S/C15H20BrClN2O/c1-2-10-5-6-19(12(7-10)9-18)15(20)11-3-4-13(16)14(17)8-11/h3-4,8,10,12H,2,5-7,9,18H2,1H3. The summed E-state index contributed by atoms with van der Waals surface area (Å²) < 4.78 is 0.802. The van der Waals surface area contributed by atoms with Gasteiger partial charge in [0, 0.05) is 29.2 Å². The average molecular weight is 360 g/mol. The maximum atomic E-state index is 12.6. The van der Waals surface area contributed by atoms with E-state index < -0.39 is 0 Å². The lowest BCUT2D eigenvalue weighted by Gasteiger charge is -2.39. The van der Waals surface area contributed by atoms with Gasteiger partial charge in [-0.2, -0.15) is 0 Å². The Labute approximate surface area is 133 Å². The number of carbonyl (C=O) groups is 1. The molecule has 1 heterocycles. The Morgan fingerprint density at radius 3 is 2.90 bits per heavy atom. The van der Waals surface area contributed by atoms with Crippen molar-refractivity contribution in [3.05, 3.63) is 33.3 Å². The smallest absolute Gasteiger partial charge is 0.254 e. The monoisotopic (exact) mass is 358 g/mol. The zero-order chi connectivity index (χ0) is 14.7. The summed E-state index contributed by atoms with van der Waals surface area (Å²) in [7, 11) is 0. The van der Waals surface area contributed by atoms with Gasteiger partial charge in [-0.15, -0.1) is 0 Å². The first-order valence-electron chi connectivity index (χ1n) is 7.02. The van der Waals surface area contributed by atoms with Crippen LogP contribution in [0.25, 0.3) is 0 Å². The second-order valence-electron chi connectivity index (χ2n) is 5.32. The number of nitrogens with two attached hydrogens (primary N) is 1. The van der Waals surface area contributed by atoms with Gasteiger partial charge in [0.05, 0.1) is 5.02 Å². The highest BCUT2D eigenvalue weighted by atomic mass is 79.9. The van der Waals surface area contributed by atoms with Gasteiger partial charge in [0.15, 0.2) is 0 Å². The van der Waals surface area contributed by atoms with E-state index in [0.29, 0.717) is 23.0 Å². The van der Waals surface area contributed by atoms with Gasteiger partial charge >= 0.3 is 0 Å². The third-order valence-corrected chi connectivity index (χ3v) is 5.33. The van der Waals surface area contributed by atoms with Gasteiger partial charge in [0.1, 0.15) is 0 Å². The predicted octanol–water partition coefficient (Wildman–Crippen LogP) is 3.69.